The van der Waals surface area contributed by atoms with E-state index in [4.69, 9.17) is 38.0 Å². The van der Waals surface area contributed by atoms with Gasteiger partial charge in [0.15, 0.2) is 16.6 Å². The standard InChI is InChI=1S/C19H21ClN2O4S/c1-4-26-17-9-12(5-8-16(17)24-2)11-21-19(27)22-15-10-13(18(23)25-3)6-7-14(15)20/h5-10H,4,11H2,1-3H3,(H2,21,22,27). The molecule has 2 aromatic carbocycles. The van der Waals surface area contributed by atoms with Crippen molar-refractivity contribution in [3.63, 3.8) is 0 Å². The van der Waals surface area contributed by atoms with Crippen LogP contribution in [0.15, 0.2) is 36.4 Å². The summed E-state index contributed by atoms with van der Waals surface area (Å²) < 4.78 is 15.6. The molecule has 0 fully saturated rings. The van der Waals surface area contributed by atoms with Gasteiger partial charge in [-0.3, -0.25) is 0 Å². The van der Waals surface area contributed by atoms with Crippen molar-refractivity contribution < 1.29 is 19.0 Å². The summed E-state index contributed by atoms with van der Waals surface area (Å²) in [5.74, 6) is 0.898. The van der Waals surface area contributed by atoms with Gasteiger partial charge in [0.25, 0.3) is 0 Å². The fraction of sp³-hybridized carbons (Fsp3) is 0.263. The normalized spacial score (nSPS) is 10.1. The Morgan fingerprint density at radius 2 is 1.93 bits per heavy atom. The topological polar surface area (TPSA) is 68.8 Å². The quantitative estimate of drug-likeness (QED) is 0.529. The number of methoxy groups -OCH3 is 2. The van der Waals surface area contributed by atoms with Crippen molar-refractivity contribution in [3.8, 4) is 11.5 Å². The van der Waals surface area contributed by atoms with Crippen molar-refractivity contribution in [1.82, 2.24) is 5.32 Å². The molecule has 0 bridgehead atoms. The van der Waals surface area contributed by atoms with Gasteiger partial charge in [0.1, 0.15) is 0 Å². The van der Waals surface area contributed by atoms with Crippen LogP contribution in [-0.4, -0.2) is 31.9 Å². The zero-order chi connectivity index (χ0) is 19.8. The lowest BCUT2D eigenvalue weighted by molar-refractivity contribution is 0.0601. The molecule has 8 heteroatoms. The van der Waals surface area contributed by atoms with E-state index in [0.29, 0.717) is 46.0 Å². The van der Waals surface area contributed by atoms with Gasteiger partial charge in [-0.05, 0) is 55.0 Å². The second kappa shape index (κ2) is 9.99. The average Bonchev–Trinajstić information content (AvgIpc) is 2.68. The number of anilines is 1. The van der Waals surface area contributed by atoms with Crippen molar-refractivity contribution in [1.29, 1.82) is 0 Å². The predicted octanol–water partition coefficient (Wildman–Crippen LogP) is 4.02. The number of nitrogens with one attached hydrogen (secondary N) is 2. The van der Waals surface area contributed by atoms with Gasteiger partial charge in [0.05, 0.1) is 37.1 Å². The van der Waals surface area contributed by atoms with Gasteiger partial charge in [-0.25, -0.2) is 4.79 Å². The van der Waals surface area contributed by atoms with Crippen LogP contribution in [0.5, 0.6) is 11.5 Å². The number of hydrogen-bond donors (Lipinski definition) is 2. The summed E-state index contributed by atoms with van der Waals surface area (Å²) in [6, 6.07) is 10.4. The Balaban J connectivity index is 2.02. The van der Waals surface area contributed by atoms with Crippen molar-refractivity contribution in [2.24, 2.45) is 0 Å². The molecule has 0 aliphatic rings. The number of thiocarbonyl (C=S) groups is 1. The highest BCUT2D eigenvalue weighted by Crippen LogP contribution is 2.28. The maximum atomic E-state index is 11.6. The number of carbonyl (C=O) groups is 1. The van der Waals surface area contributed by atoms with E-state index in [0.717, 1.165) is 5.56 Å². The number of ether oxygens (including phenoxy) is 3. The molecule has 0 spiro atoms. The second-order valence-corrected chi connectivity index (χ2v) is 6.23. The zero-order valence-electron chi connectivity index (χ0n) is 15.3. The van der Waals surface area contributed by atoms with Crippen LogP contribution in [0, 0.1) is 0 Å². The number of esters is 1. The molecule has 0 atom stereocenters. The molecule has 0 aliphatic carbocycles. The highest BCUT2D eigenvalue weighted by Gasteiger charge is 2.10. The first-order valence-electron chi connectivity index (χ1n) is 8.21. The van der Waals surface area contributed by atoms with Crippen LogP contribution in [0.1, 0.15) is 22.8 Å². The highest BCUT2D eigenvalue weighted by atomic mass is 35.5. The summed E-state index contributed by atoms with van der Waals surface area (Å²) in [6.07, 6.45) is 0. The molecule has 0 saturated heterocycles. The molecule has 2 N–H and O–H groups in total. The van der Waals surface area contributed by atoms with Crippen LogP contribution in [0.4, 0.5) is 5.69 Å². The zero-order valence-corrected chi connectivity index (χ0v) is 16.9. The SMILES string of the molecule is CCOc1cc(CNC(=S)Nc2cc(C(=O)OC)ccc2Cl)ccc1OC. The number of carbonyl (C=O) groups excluding carboxylic acids is 1. The lowest BCUT2D eigenvalue weighted by Crippen LogP contribution is -2.28. The van der Waals surface area contributed by atoms with Gasteiger partial charge in [-0.15, -0.1) is 0 Å². The fourth-order valence-corrected chi connectivity index (χ4v) is 2.66. The van der Waals surface area contributed by atoms with Gasteiger partial charge in [0.2, 0.25) is 0 Å². The summed E-state index contributed by atoms with van der Waals surface area (Å²) in [5.41, 5.74) is 1.86. The molecular formula is C19H21ClN2O4S. The highest BCUT2D eigenvalue weighted by molar-refractivity contribution is 7.80. The average molecular weight is 409 g/mol. The van der Waals surface area contributed by atoms with Crippen molar-refractivity contribution in [2.75, 3.05) is 26.1 Å². The van der Waals surface area contributed by atoms with E-state index in [9.17, 15) is 4.79 Å². The molecule has 0 unspecified atom stereocenters. The molecule has 0 amide bonds. The number of rotatable bonds is 7. The number of benzene rings is 2. The monoisotopic (exact) mass is 408 g/mol. The minimum absolute atomic E-state index is 0.368. The minimum Gasteiger partial charge on any atom is -0.493 e. The van der Waals surface area contributed by atoms with Crippen LogP contribution in [-0.2, 0) is 11.3 Å². The Hall–Kier alpha value is -2.51. The second-order valence-electron chi connectivity index (χ2n) is 5.41. The van der Waals surface area contributed by atoms with E-state index in [1.54, 1.807) is 25.3 Å². The molecule has 0 saturated carbocycles. The summed E-state index contributed by atoms with van der Waals surface area (Å²) in [6.45, 7) is 2.93. The molecular weight excluding hydrogens is 388 g/mol. The number of hydrogen-bond acceptors (Lipinski definition) is 5. The fourth-order valence-electron chi connectivity index (χ4n) is 2.31. The molecule has 0 aliphatic heterocycles. The maximum absolute atomic E-state index is 11.6. The molecule has 2 aromatic rings. The van der Waals surface area contributed by atoms with E-state index >= 15 is 0 Å². The molecule has 2 rings (SSSR count). The smallest absolute Gasteiger partial charge is 0.337 e. The third-order valence-corrected chi connectivity index (χ3v) is 4.19. The Bertz CT molecular complexity index is 829. The van der Waals surface area contributed by atoms with Gasteiger partial charge < -0.3 is 24.8 Å². The van der Waals surface area contributed by atoms with Crippen molar-refractivity contribution >= 4 is 40.6 Å². The first-order valence-corrected chi connectivity index (χ1v) is 8.99. The first-order chi connectivity index (χ1) is 13.0. The molecule has 0 radical (unpaired) electrons. The van der Waals surface area contributed by atoms with Gasteiger partial charge in [0, 0.05) is 6.54 Å². The molecule has 0 heterocycles. The van der Waals surface area contributed by atoms with E-state index in [-0.39, 0.29) is 0 Å². The lowest BCUT2D eigenvalue weighted by Gasteiger charge is -2.14. The third-order valence-electron chi connectivity index (χ3n) is 3.62. The Kier molecular flexibility index (Phi) is 7.69. The largest absolute Gasteiger partial charge is 0.493 e. The summed E-state index contributed by atoms with van der Waals surface area (Å²) in [5, 5.41) is 6.89. The van der Waals surface area contributed by atoms with E-state index in [1.165, 1.54) is 7.11 Å². The van der Waals surface area contributed by atoms with Gasteiger partial charge in [-0.2, -0.15) is 0 Å². The van der Waals surface area contributed by atoms with Gasteiger partial charge >= 0.3 is 5.97 Å². The predicted molar refractivity (Wildman–Crippen MR) is 110 cm³/mol. The van der Waals surface area contributed by atoms with Crippen LogP contribution in [0.2, 0.25) is 5.02 Å². The van der Waals surface area contributed by atoms with E-state index in [2.05, 4.69) is 10.6 Å². The van der Waals surface area contributed by atoms with Crippen LogP contribution >= 0.6 is 23.8 Å². The van der Waals surface area contributed by atoms with Crippen molar-refractivity contribution in [3.05, 3.63) is 52.5 Å². The summed E-state index contributed by atoms with van der Waals surface area (Å²) in [4.78, 5) is 11.6. The Morgan fingerprint density at radius 3 is 2.59 bits per heavy atom. The van der Waals surface area contributed by atoms with Crippen molar-refractivity contribution in [2.45, 2.75) is 13.5 Å². The van der Waals surface area contributed by atoms with Crippen LogP contribution in [0.25, 0.3) is 0 Å². The molecule has 0 aromatic heterocycles. The molecule has 6 nitrogen and oxygen atoms in total. The third kappa shape index (κ3) is 5.74. The van der Waals surface area contributed by atoms with Crippen LogP contribution < -0.4 is 20.1 Å². The maximum Gasteiger partial charge on any atom is 0.337 e. The lowest BCUT2D eigenvalue weighted by atomic mass is 10.2. The van der Waals surface area contributed by atoms with Gasteiger partial charge in [-0.1, -0.05) is 17.7 Å². The summed E-state index contributed by atoms with van der Waals surface area (Å²) in [7, 11) is 2.92. The Morgan fingerprint density at radius 1 is 1.15 bits per heavy atom. The van der Waals surface area contributed by atoms with Crippen LogP contribution in [0.3, 0.4) is 0 Å². The first kappa shape index (κ1) is 20.8. The minimum atomic E-state index is -0.449. The van der Waals surface area contributed by atoms with E-state index in [1.807, 2.05) is 25.1 Å². The summed E-state index contributed by atoms with van der Waals surface area (Å²) >= 11 is 11.5. The Labute approximate surface area is 168 Å². The number of halogens is 1. The molecule has 27 heavy (non-hydrogen) atoms. The van der Waals surface area contributed by atoms with E-state index < -0.39 is 5.97 Å². The molecule has 144 valence electrons.